The quantitative estimate of drug-likeness (QED) is 0.168. The molecule has 18 rings (SSSR count). The molecule has 2 aliphatic rings. The molecule has 0 aliphatic heterocycles. The van der Waals surface area contributed by atoms with Crippen molar-refractivity contribution in [3.8, 4) is 67.0 Å². The van der Waals surface area contributed by atoms with E-state index in [0.717, 1.165) is 44.4 Å². The molecule has 4 heterocycles. The molecule has 386 valence electrons. The van der Waals surface area contributed by atoms with Crippen molar-refractivity contribution in [2.24, 2.45) is 0 Å². The molecule has 0 unspecified atom stereocenters. The molecular formula is C78H52N2OS. The average Bonchev–Trinajstić information content (AvgIpc) is 3.54. The molecule has 0 atom stereocenters. The first kappa shape index (κ1) is 46.1. The van der Waals surface area contributed by atoms with E-state index < -0.39 is 0 Å². The molecule has 0 spiro atoms. The summed E-state index contributed by atoms with van der Waals surface area (Å²) >= 11 is 1.87. The topological polar surface area (TPSA) is 23.0 Å². The van der Waals surface area contributed by atoms with Crippen molar-refractivity contribution in [3.05, 3.63) is 265 Å². The molecule has 82 heavy (non-hydrogen) atoms. The van der Waals surface area contributed by atoms with Crippen molar-refractivity contribution in [2.75, 3.05) is 0 Å². The third-order valence-corrected chi connectivity index (χ3v) is 20.0. The summed E-state index contributed by atoms with van der Waals surface area (Å²) in [5, 5.41) is 9.92. The predicted octanol–water partition coefficient (Wildman–Crippen LogP) is 21.8. The number of nitrogens with zero attached hydrogens (tertiary/aromatic N) is 2. The van der Waals surface area contributed by atoms with Gasteiger partial charge in [0.2, 0.25) is 0 Å². The summed E-state index contributed by atoms with van der Waals surface area (Å²) in [6, 6.07) is 90.7. The van der Waals surface area contributed by atoms with Gasteiger partial charge in [0, 0.05) is 80.3 Å². The van der Waals surface area contributed by atoms with Crippen LogP contribution >= 0.6 is 11.3 Å². The fourth-order valence-electron chi connectivity index (χ4n) is 15.3. The van der Waals surface area contributed by atoms with Crippen LogP contribution in [0.15, 0.2) is 247 Å². The van der Waals surface area contributed by atoms with Gasteiger partial charge in [-0.3, -0.25) is 0 Å². The Morgan fingerprint density at radius 1 is 0.329 bits per heavy atom. The summed E-state index contributed by atoms with van der Waals surface area (Å²) in [5.74, 6) is 0. The minimum Gasteiger partial charge on any atom is -0.455 e. The monoisotopic (exact) mass is 1060 g/mol. The number of para-hydroxylation sites is 3. The Kier molecular flexibility index (Phi) is 9.24. The zero-order chi connectivity index (χ0) is 54.3. The maximum atomic E-state index is 6.99. The number of thiophene rings is 1. The van der Waals surface area contributed by atoms with E-state index in [4.69, 9.17) is 4.42 Å². The minimum absolute atomic E-state index is 0.160. The maximum absolute atomic E-state index is 6.99. The molecule has 0 N–H and O–H groups in total. The zero-order valence-corrected chi connectivity index (χ0v) is 46.6. The van der Waals surface area contributed by atoms with E-state index in [0.29, 0.717) is 0 Å². The molecule has 4 aromatic heterocycles. The number of aromatic nitrogens is 2. The van der Waals surface area contributed by atoms with E-state index in [1.807, 2.05) is 11.3 Å². The van der Waals surface area contributed by atoms with Crippen molar-refractivity contribution in [1.82, 2.24) is 9.13 Å². The van der Waals surface area contributed by atoms with Crippen molar-refractivity contribution >= 4 is 97.1 Å². The van der Waals surface area contributed by atoms with Gasteiger partial charge >= 0.3 is 0 Å². The fourth-order valence-corrected chi connectivity index (χ4v) is 16.4. The van der Waals surface area contributed by atoms with Crippen LogP contribution in [0, 0.1) is 0 Å². The predicted molar refractivity (Wildman–Crippen MR) is 347 cm³/mol. The van der Waals surface area contributed by atoms with Crippen LogP contribution in [-0.2, 0) is 10.8 Å². The molecular weight excluding hydrogens is 1010 g/mol. The first-order chi connectivity index (χ1) is 40.2. The standard InChI is InChI=1S/C78H52N2OS/c1-77(2)63-25-10-5-17-52(63)55-40-41-56-54-19-7-12-27-65(54)79(74(56)72(55)77)48-38-33-46(34-39-48)51-23-15-24-57-61-43-47(35-42-67(61)81-76(51)57)60-44-62-53-18-6-11-26-64(53)78(3,4)73(62)75-71(60)58-20-8-13-28-66(58)80(75)49-36-31-45(32-37-49)50-22-16-30-69-70(50)59-21-9-14-29-68(59)82-69/h5-44H,1-4H3. The molecule has 4 heteroatoms. The highest BCUT2D eigenvalue weighted by Gasteiger charge is 2.41. The van der Waals surface area contributed by atoms with E-state index in [-0.39, 0.29) is 10.8 Å². The van der Waals surface area contributed by atoms with Crippen LogP contribution in [0.1, 0.15) is 49.9 Å². The Morgan fingerprint density at radius 2 is 0.866 bits per heavy atom. The van der Waals surface area contributed by atoms with Crippen LogP contribution in [0.2, 0.25) is 0 Å². The number of rotatable bonds is 5. The van der Waals surface area contributed by atoms with Gasteiger partial charge in [-0.1, -0.05) is 204 Å². The minimum atomic E-state index is -0.253. The van der Waals surface area contributed by atoms with Crippen LogP contribution < -0.4 is 0 Å². The number of benzene rings is 12. The molecule has 0 saturated carbocycles. The number of furan rings is 1. The Morgan fingerprint density at radius 3 is 1.61 bits per heavy atom. The van der Waals surface area contributed by atoms with Crippen LogP contribution in [0.25, 0.3) is 153 Å². The van der Waals surface area contributed by atoms with Crippen LogP contribution in [0.5, 0.6) is 0 Å². The maximum Gasteiger partial charge on any atom is 0.143 e. The van der Waals surface area contributed by atoms with Crippen molar-refractivity contribution in [1.29, 1.82) is 0 Å². The molecule has 0 saturated heterocycles. The van der Waals surface area contributed by atoms with Crippen molar-refractivity contribution in [3.63, 3.8) is 0 Å². The molecule has 0 amide bonds. The second-order valence-corrected chi connectivity index (χ2v) is 25.0. The molecule has 0 fully saturated rings. The summed E-state index contributed by atoms with van der Waals surface area (Å²) in [5.41, 5.74) is 26.4. The molecule has 12 aromatic carbocycles. The lowest BCUT2D eigenvalue weighted by Gasteiger charge is -2.24. The Bertz CT molecular complexity index is 5440. The molecule has 0 radical (unpaired) electrons. The van der Waals surface area contributed by atoms with E-state index >= 15 is 0 Å². The Labute approximate surface area is 478 Å². The van der Waals surface area contributed by atoms with Gasteiger partial charge in [0.05, 0.1) is 22.1 Å². The van der Waals surface area contributed by atoms with Gasteiger partial charge in [-0.15, -0.1) is 11.3 Å². The van der Waals surface area contributed by atoms with Gasteiger partial charge in [0.25, 0.3) is 0 Å². The number of hydrogen-bond donors (Lipinski definition) is 0. The third-order valence-electron chi connectivity index (χ3n) is 18.9. The Balaban J connectivity index is 0.793. The third kappa shape index (κ3) is 6.09. The van der Waals surface area contributed by atoms with E-state index in [1.165, 1.54) is 131 Å². The lowest BCUT2D eigenvalue weighted by Crippen LogP contribution is -2.16. The van der Waals surface area contributed by atoms with Gasteiger partial charge in [-0.05, 0) is 139 Å². The number of fused-ring (bicyclic) bond motifs is 20. The lowest BCUT2D eigenvalue weighted by atomic mass is 9.80. The first-order valence-electron chi connectivity index (χ1n) is 28.7. The van der Waals surface area contributed by atoms with Crippen LogP contribution in [0.3, 0.4) is 0 Å². The highest BCUT2D eigenvalue weighted by molar-refractivity contribution is 7.26. The van der Waals surface area contributed by atoms with Gasteiger partial charge in [0.15, 0.2) is 0 Å². The van der Waals surface area contributed by atoms with Gasteiger partial charge in [-0.25, -0.2) is 0 Å². The SMILES string of the molecule is CC1(C)c2ccccc2-c2ccc3c4ccccc4n(-c4ccc(-c5cccc6c5oc5ccc(-c7cc8c(c9c7c7ccccc7n9-c7ccc(-c9cccc%10sc%11ccccc%11c9%10)cc7)C(C)(C)c7ccccc7-8)cc56)cc4)c3c21. The van der Waals surface area contributed by atoms with Crippen LogP contribution in [-0.4, -0.2) is 9.13 Å². The van der Waals surface area contributed by atoms with E-state index in [2.05, 4.69) is 279 Å². The highest BCUT2D eigenvalue weighted by atomic mass is 32.1. The lowest BCUT2D eigenvalue weighted by molar-refractivity contribution is 0.663. The van der Waals surface area contributed by atoms with E-state index in [1.54, 1.807) is 0 Å². The van der Waals surface area contributed by atoms with Crippen molar-refractivity contribution in [2.45, 2.75) is 38.5 Å². The second-order valence-electron chi connectivity index (χ2n) is 23.9. The smallest absolute Gasteiger partial charge is 0.143 e. The van der Waals surface area contributed by atoms with E-state index in [9.17, 15) is 0 Å². The molecule has 16 aromatic rings. The van der Waals surface area contributed by atoms with Crippen LogP contribution in [0.4, 0.5) is 0 Å². The number of hydrogen-bond acceptors (Lipinski definition) is 2. The second kappa shape index (κ2) is 16.4. The van der Waals surface area contributed by atoms with Crippen molar-refractivity contribution < 1.29 is 4.42 Å². The molecule has 0 bridgehead atoms. The van der Waals surface area contributed by atoms with Gasteiger partial charge < -0.3 is 13.6 Å². The summed E-state index contributed by atoms with van der Waals surface area (Å²) in [7, 11) is 0. The summed E-state index contributed by atoms with van der Waals surface area (Å²) in [6.45, 7) is 9.61. The Hall–Kier alpha value is -9.74. The molecule has 2 aliphatic carbocycles. The average molecular weight is 1070 g/mol. The fraction of sp³-hybridized carbons (Fsp3) is 0.0769. The molecule has 3 nitrogen and oxygen atoms in total. The van der Waals surface area contributed by atoms with Gasteiger partial charge in [0.1, 0.15) is 11.2 Å². The first-order valence-corrected chi connectivity index (χ1v) is 29.5. The summed E-state index contributed by atoms with van der Waals surface area (Å²) in [4.78, 5) is 0. The van der Waals surface area contributed by atoms with Gasteiger partial charge in [-0.2, -0.15) is 0 Å². The summed E-state index contributed by atoms with van der Waals surface area (Å²) in [6.07, 6.45) is 0. The summed E-state index contributed by atoms with van der Waals surface area (Å²) < 4.78 is 14.7. The highest BCUT2D eigenvalue weighted by Crippen LogP contribution is 2.57. The normalized spacial score (nSPS) is 14.0. The largest absolute Gasteiger partial charge is 0.455 e. The zero-order valence-electron chi connectivity index (χ0n) is 45.8.